The van der Waals surface area contributed by atoms with Gasteiger partial charge in [0.1, 0.15) is 5.69 Å². The summed E-state index contributed by atoms with van der Waals surface area (Å²) in [7, 11) is 2.94. The second-order valence-corrected chi connectivity index (χ2v) is 5.43. The van der Waals surface area contributed by atoms with Crippen LogP contribution in [0, 0.1) is 0 Å². The number of rotatable bonds is 4. The zero-order valence-electron chi connectivity index (χ0n) is 11.8. The molecule has 0 amide bonds. The number of hydrogen-bond donors (Lipinski definition) is 0. The fourth-order valence-electron chi connectivity index (χ4n) is 1.91. The van der Waals surface area contributed by atoms with Gasteiger partial charge in [0.25, 0.3) is 0 Å². The monoisotopic (exact) mass is 341 g/mol. The maximum absolute atomic E-state index is 11.7. The first-order valence-electron chi connectivity index (χ1n) is 6.14. The molecule has 0 unspecified atom stereocenters. The molecule has 7 heteroatoms. The van der Waals surface area contributed by atoms with Crippen molar-refractivity contribution in [1.82, 2.24) is 14.6 Å². The Hall–Kier alpha value is -1.47. The average Bonchev–Trinajstić information content (AvgIpc) is 2.74. The molecule has 0 spiro atoms. The highest BCUT2D eigenvalue weighted by Gasteiger charge is 2.19. The fraction of sp³-hybridized carbons (Fsp3) is 0.462. The molecule has 2 aromatic heterocycles. The number of esters is 1. The van der Waals surface area contributed by atoms with Crippen molar-refractivity contribution in [2.45, 2.75) is 26.4 Å². The van der Waals surface area contributed by atoms with Gasteiger partial charge in [-0.15, -0.1) is 0 Å². The Balaban J connectivity index is 2.72. The number of carbonyl (C=O) groups excluding carboxylic acids is 1. The van der Waals surface area contributed by atoms with Crippen LogP contribution in [0.3, 0.4) is 0 Å². The lowest BCUT2D eigenvalue weighted by Gasteiger charge is -2.09. The first-order valence-corrected chi connectivity index (χ1v) is 6.94. The molecule has 0 aliphatic rings. The van der Waals surface area contributed by atoms with Crippen LogP contribution in [0.25, 0.3) is 5.65 Å². The van der Waals surface area contributed by atoms with Crippen LogP contribution in [0.15, 0.2) is 10.5 Å². The molecule has 0 aliphatic heterocycles. The number of hydrogen-bond acceptors (Lipinski definition) is 5. The average molecular weight is 342 g/mol. The van der Waals surface area contributed by atoms with Crippen molar-refractivity contribution in [3.05, 3.63) is 27.6 Å². The van der Waals surface area contributed by atoms with E-state index >= 15 is 0 Å². The molecule has 0 saturated heterocycles. The number of aromatic nitrogens is 3. The van der Waals surface area contributed by atoms with Gasteiger partial charge in [0.2, 0.25) is 0 Å². The Labute approximate surface area is 125 Å². The summed E-state index contributed by atoms with van der Waals surface area (Å²) in [4.78, 5) is 16.0. The van der Waals surface area contributed by atoms with Crippen LogP contribution >= 0.6 is 15.9 Å². The van der Waals surface area contributed by atoms with Crippen LogP contribution < -0.4 is 0 Å². The molecule has 2 aromatic rings. The van der Waals surface area contributed by atoms with Gasteiger partial charge in [-0.3, -0.25) is 0 Å². The largest absolute Gasteiger partial charge is 0.464 e. The van der Waals surface area contributed by atoms with E-state index in [-0.39, 0.29) is 11.6 Å². The molecule has 0 fully saturated rings. The predicted molar refractivity (Wildman–Crippen MR) is 76.8 cm³/mol. The quantitative estimate of drug-likeness (QED) is 0.799. The number of carbonyl (C=O) groups is 1. The van der Waals surface area contributed by atoms with E-state index in [4.69, 9.17) is 9.47 Å². The van der Waals surface area contributed by atoms with E-state index in [1.807, 2.05) is 13.8 Å². The molecule has 0 aromatic carbocycles. The highest BCUT2D eigenvalue weighted by Crippen LogP contribution is 2.26. The molecule has 0 aliphatic carbocycles. The van der Waals surface area contributed by atoms with E-state index in [2.05, 4.69) is 26.0 Å². The maximum atomic E-state index is 11.7. The van der Waals surface area contributed by atoms with Crippen molar-refractivity contribution < 1.29 is 14.3 Å². The van der Waals surface area contributed by atoms with Gasteiger partial charge in [-0.25, -0.2) is 14.3 Å². The van der Waals surface area contributed by atoms with Crippen LogP contribution in [0.2, 0.25) is 0 Å². The molecule has 0 bridgehead atoms. The molecular formula is C13H16BrN3O3. The van der Waals surface area contributed by atoms with Crippen LogP contribution in [0.5, 0.6) is 0 Å². The normalized spacial score (nSPS) is 11.3. The molecule has 108 valence electrons. The summed E-state index contributed by atoms with van der Waals surface area (Å²) in [6.45, 7) is 4.43. The first kappa shape index (κ1) is 14.9. The summed E-state index contributed by atoms with van der Waals surface area (Å²) in [5.41, 5.74) is 2.49. The molecule has 0 atom stereocenters. The maximum Gasteiger partial charge on any atom is 0.356 e. The number of halogens is 1. The molecule has 0 saturated carbocycles. The SMILES string of the molecule is COCc1nn2c(C(C)C)cc(C(=O)OC)nc2c1Br. The Morgan fingerprint density at radius 1 is 1.45 bits per heavy atom. The van der Waals surface area contributed by atoms with Crippen molar-refractivity contribution >= 4 is 27.5 Å². The molecule has 0 N–H and O–H groups in total. The topological polar surface area (TPSA) is 65.7 Å². The first-order chi connectivity index (χ1) is 9.49. The molecule has 0 radical (unpaired) electrons. The Kier molecular flexibility index (Phi) is 4.39. The van der Waals surface area contributed by atoms with Gasteiger partial charge in [-0.05, 0) is 27.9 Å². The number of nitrogens with zero attached hydrogens (tertiary/aromatic N) is 3. The van der Waals surface area contributed by atoms with E-state index in [0.29, 0.717) is 12.3 Å². The van der Waals surface area contributed by atoms with Crippen LogP contribution in [-0.2, 0) is 16.1 Å². The molecule has 6 nitrogen and oxygen atoms in total. The highest BCUT2D eigenvalue weighted by molar-refractivity contribution is 9.10. The summed E-state index contributed by atoms with van der Waals surface area (Å²) in [6.07, 6.45) is 0. The second kappa shape index (κ2) is 5.88. The van der Waals surface area contributed by atoms with Crippen LogP contribution in [0.4, 0.5) is 0 Å². The van der Waals surface area contributed by atoms with Crippen molar-refractivity contribution in [2.24, 2.45) is 0 Å². The summed E-state index contributed by atoms with van der Waals surface area (Å²) >= 11 is 3.46. The van der Waals surface area contributed by atoms with Gasteiger partial charge in [0, 0.05) is 12.8 Å². The third-order valence-electron chi connectivity index (χ3n) is 2.89. The summed E-state index contributed by atoms with van der Waals surface area (Å²) in [5.74, 6) is -0.276. The fourth-order valence-corrected chi connectivity index (χ4v) is 2.36. The predicted octanol–water partition coefficient (Wildman–Crippen LogP) is 2.55. The van der Waals surface area contributed by atoms with Crippen molar-refractivity contribution in [1.29, 1.82) is 0 Å². The van der Waals surface area contributed by atoms with Gasteiger partial charge >= 0.3 is 5.97 Å². The Bertz CT molecular complexity index is 652. The third kappa shape index (κ3) is 2.55. The van der Waals surface area contributed by atoms with Crippen molar-refractivity contribution in [2.75, 3.05) is 14.2 Å². The summed E-state index contributed by atoms with van der Waals surface area (Å²) in [6, 6.07) is 1.71. The lowest BCUT2D eigenvalue weighted by Crippen LogP contribution is -2.10. The number of ether oxygens (including phenoxy) is 2. The number of fused-ring (bicyclic) bond motifs is 1. The summed E-state index contributed by atoms with van der Waals surface area (Å²) < 4.78 is 12.3. The van der Waals surface area contributed by atoms with Crippen molar-refractivity contribution in [3.8, 4) is 0 Å². The Morgan fingerprint density at radius 2 is 2.15 bits per heavy atom. The minimum absolute atomic E-state index is 0.186. The summed E-state index contributed by atoms with van der Waals surface area (Å²) in [5, 5.41) is 4.48. The van der Waals surface area contributed by atoms with Gasteiger partial charge in [0.05, 0.1) is 18.2 Å². The van der Waals surface area contributed by atoms with Crippen LogP contribution in [0.1, 0.15) is 41.6 Å². The molecule has 2 rings (SSSR count). The van der Waals surface area contributed by atoms with Gasteiger partial charge in [-0.1, -0.05) is 13.8 Å². The molecule has 20 heavy (non-hydrogen) atoms. The zero-order chi connectivity index (χ0) is 14.9. The Morgan fingerprint density at radius 3 is 2.70 bits per heavy atom. The zero-order valence-corrected chi connectivity index (χ0v) is 13.4. The lowest BCUT2D eigenvalue weighted by molar-refractivity contribution is 0.0594. The number of methoxy groups -OCH3 is 2. The standard InChI is InChI=1S/C13H16BrN3O3/c1-7(2)10-5-8(13(18)20-4)15-12-11(14)9(6-19-3)16-17(10)12/h5,7H,6H2,1-4H3. The van der Waals surface area contributed by atoms with Gasteiger partial charge in [0.15, 0.2) is 11.3 Å². The van der Waals surface area contributed by atoms with E-state index in [1.54, 1.807) is 17.7 Å². The third-order valence-corrected chi connectivity index (χ3v) is 3.71. The van der Waals surface area contributed by atoms with Gasteiger partial charge in [-0.2, -0.15) is 5.10 Å². The molecule has 2 heterocycles. The van der Waals surface area contributed by atoms with Gasteiger partial charge < -0.3 is 9.47 Å². The minimum Gasteiger partial charge on any atom is -0.464 e. The van der Waals surface area contributed by atoms with E-state index in [1.165, 1.54) is 7.11 Å². The van der Waals surface area contributed by atoms with Crippen molar-refractivity contribution in [3.63, 3.8) is 0 Å². The van der Waals surface area contributed by atoms with E-state index < -0.39 is 5.97 Å². The smallest absolute Gasteiger partial charge is 0.356 e. The van der Waals surface area contributed by atoms with Crippen LogP contribution in [-0.4, -0.2) is 34.8 Å². The molecular weight excluding hydrogens is 326 g/mol. The lowest BCUT2D eigenvalue weighted by atomic mass is 10.1. The van der Waals surface area contributed by atoms with E-state index in [9.17, 15) is 4.79 Å². The van der Waals surface area contributed by atoms with E-state index in [0.717, 1.165) is 15.9 Å². The highest BCUT2D eigenvalue weighted by atomic mass is 79.9. The second-order valence-electron chi connectivity index (χ2n) is 4.64. The minimum atomic E-state index is -0.462.